The summed E-state index contributed by atoms with van der Waals surface area (Å²) in [5, 5.41) is 0. The molecule has 0 spiro atoms. The lowest BCUT2D eigenvalue weighted by atomic mass is 10.0. The predicted octanol–water partition coefficient (Wildman–Crippen LogP) is 23.9. The Morgan fingerprint density at radius 3 is 0.756 bits per heavy atom. The van der Waals surface area contributed by atoms with Crippen molar-refractivity contribution in [3.8, 4) is 0 Å². The molecule has 0 rings (SSSR count). The first kappa shape index (κ1) is 77.8. The van der Waals surface area contributed by atoms with E-state index in [0.29, 0.717) is 19.3 Å². The van der Waals surface area contributed by atoms with Gasteiger partial charge in [0.25, 0.3) is 0 Å². The van der Waals surface area contributed by atoms with Gasteiger partial charge in [0.2, 0.25) is 0 Å². The molecule has 0 aliphatic rings. The summed E-state index contributed by atoms with van der Waals surface area (Å²) in [5.74, 6) is -0.911. The van der Waals surface area contributed by atoms with E-state index in [-0.39, 0.29) is 31.1 Å². The summed E-state index contributed by atoms with van der Waals surface area (Å²) in [6.45, 7) is 6.52. The molecular weight excluding hydrogens is 1010 g/mol. The molecule has 6 heteroatoms. The summed E-state index contributed by atoms with van der Waals surface area (Å²) in [5.41, 5.74) is 0. The highest BCUT2D eigenvalue weighted by Gasteiger charge is 2.19. The van der Waals surface area contributed by atoms with Crippen LogP contribution < -0.4 is 0 Å². The fourth-order valence-electron chi connectivity index (χ4n) is 9.55. The Kier molecular flexibility index (Phi) is 65.8. The average Bonchev–Trinajstić information content (AvgIpc) is 3.47. The van der Waals surface area contributed by atoms with Gasteiger partial charge in [0, 0.05) is 19.3 Å². The summed E-state index contributed by atoms with van der Waals surface area (Å²) in [4.78, 5) is 38.4. The third-order valence-electron chi connectivity index (χ3n) is 14.7. The molecule has 82 heavy (non-hydrogen) atoms. The minimum Gasteiger partial charge on any atom is -0.462 e. The summed E-state index contributed by atoms with van der Waals surface area (Å²) in [6.07, 6.45) is 96.3. The molecule has 0 aromatic rings. The fourth-order valence-corrected chi connectivity index (χ4v) is 9.55. The molecule has 1 atom stereocenters. The van der Waals surface area contributed by atoms with Crippen molar-refractivity contribution in [2.24, 2.45) is 0 Å². The summed E-state index contributed by atoms with van der Waals surface area (Å²) >= 11 is 0. The summed E-state index contributed by atoms with van der Waals surface area (Å²) in [6, 6.07) is 0. The molecule has 0 heterocycles. The van der Waals surface area contributed by atoms with Crippen LogP contribution in [-0.2, 0) is 28.6 Å². The molecule has 0 amide bonds. The van der Waals surface area contributed by atoms with E-state index in [1.807, 2.05) is 0 Å². The van der Waals surface area contributed by atoms with Gasteiger partial charge in [-0.3, -0.25) is 14.4 Å². The lowest BCUT2D eigenvalue weighted by molar-refractivity contribution is -0.167. The number of hydrogen-bond donors (Lipinski definition) is 0. The number of carbonyl (C=O) groups excluding carboxylic acids is 3. The van der Waals surface area contributed by atoms with E-state index in [2.05, 4.69) is 142 Å². The van der Waals surface area contributed by atoms with Crippen LogP contribution in [0.25, 0.3) is 0 Å². The molecule has 0 radical (unpaired) electrons. The Bertz CT molecular complexity index is 1690. The topological polar surface area (TPSA) is 78.9 Å². The molecule has 6 nitrogen and oxygen atoms in total. The summed E-state index contributed by atoms with van der Waals surface area (Å²) in [7, 11) is 0. The zero-order valence-corrected chi connectivity index (χ0v) is 53.7. The van der Waals surface area contributed by atoms with E-state index in [0.717, 1.165) is 135 Å². The van der Waals surface area contributed by atoms with E-state index in [1.165, 1.54) is 148 Å². The van der Waals surface area contributed by atoms with Gasteiger partial charge in [0.1, 0.15) is 13.2 Å². The van der Waals surface area contributed by atoms with Crippen LogP contribution in [-0.4, -0.2) is 37.2 Å². The standard InChI is InChI=1S/C76H128O6/c1-4-7-10-13-16-19-22-25-28-31-33-34-35-36-37-38-39-40-41-42-43-46-48-51-54-57-60-63-66-69-75(78)81-72-73(71-80-74(77)68-65-62-59-56-53-50-47-44-30-27-24-21-18-15-12-9-6-3)82-76(79)70-67-64-61-58-55-52-49-45-32-29-26-23-20-17-14-11-8-5-2/h7,10,16,19-20,23,25,28-29,32-34,36-37,39-40,42-43,48,51,73H,4-6,8-9,11-15,17-18,21-22,24,26-27,30-31,35,38,41,44-47,49-50,52-72H2,1-3H3/b10-7-,19-16-,23-20-,28-25-,32-29-,34-33-,37-36-,40-39-,43-42-,51-48-. The number of rotatable bonds is 62. The first-order valence-electron chi connectivity index (χ1n) is 34.5. The van der Waals surface area contributed by atoms with Crippen LogP contribution in [0.3, 0.4) is 0 Å². The van der Waals surface area contributed by atoms with Crippen LogP contribution in [0.15, 0.2) is 122 Å². The van der Waals surface area contributed by atoms with Crippen LogP contribution in [0.1, 0.15) is 323 Å². The van der Waals surface area contributed by atoms with Gasteiger partial charge in [-0.15, -0.1) is 0 Å². The highest BCUT2D eigenvalue weighted by molar-refractivity contribution is 5.71. The Hall–Kier alpha value is -4.19. The molecule has 1 unspecified atom stereocenters. The third-order valence-corrected chi connectivity index (χ3v) is 14.7. The number of hydrogen-bond acceptors (Lipinski definition) is 6. The van der Waals surface area contributed by atoms with Crippen molar-refractivity contribution in [1.82, 2.24) is 0 Å². The highest BCUT2D eigenvalue weighted by Crippen LogP contribution is 2.16. The monoisotopic (exact) mass is 1140 g/mol. The number of unbranched alkanes of at least 4 members (excludes halogenated alkanes) is 31. The van der Waals surface area contributed by atoms with Gasteiger partial charge in [-0.05, 0) is 116 Å². The third kappa shape index (κ3) is 66.6. The van der Waals surface area contributed by atoms with Crippen LogP contribution in [0.4, 0.5) is 0 Å². The quantitative estimate of drug-likeness (QED) is 0.0261. The zero-order valence-electron chi connectivity index (χ0n) is 53.7. The van der Waals surface area contributed by atoms with E-state index < -0.39 is 6.10 Å². The Morgan fingerprint density at radius 2 is 0.476 bits per heavy atom. The number of esters is 3. The molecule has 0 fully saturated rings. The van der Waals surface area contributed by atoms with E-state index in [9.17, 15) is 14.4 Å². The molecule has 0 saturated carbocycles. The molecule has 0 bridgehead atoms. The van der Waals surface area contributed by atoms with Crippen LogP contribution in [0, 0.1) is 0 Å². The molecule has 0 aliphatic carbocycles. The van der Waals surface area contributed by atoms with Crippen molar-refractivity contribution in [2.75, 3.05) is 13.2 Å². The normalized spacial score (nSPS) is 12.9. The average molecular weight is 1140 g/mol. The predicted molar refractivity (Wildman–Crippen MR) is 357 cm³/mol. The maximum absolute atomic E-state index is 12.9. The van der Waals surface area contributed by atoms with Crippen LogP contribution >= 0.6 is 0 Å². The van der Waals surface area contributed by atoms with E-state index in [4.69, 9.17) is 14.2 Å². The van der Waals surface area contributed by atoms with Gasteiger partial charge >= 0.3 is 17.9 Å². The minimum atomic E-state index is -0.796. The SMILES string of the molecule is CC/C=C\C/C=C\C/C=C\C/C=C\C/C=C\C/C=C\C/C=C\C/C=C\CCCCCCC(=O)OCC(COC(=O)CCCCCCCCCCCCCCCCCCC)OC(=O)CCCCCCCCC/C=C\C/C=C\CCCCCC. The van der Waals surface area contributed by atoms with Crippen molar-refractivity contribution in [3.05, 3.63) is 122 Å². The number of ether oxygens (including phenoxy) is 3. The first-order chi connectivity index (χ1) is 40.5. The number of carbonyl (C=O) groups is 3. The van der Waals surface area contributed by atoms with Crippen molar-refractivity contribution in [3.63, 3.8) is 0 Å². The molecule has 468 valence electrons. The highest BCUT2D eigenvalue weighted by atomic mass is 16.6. The zero-order chi connectivity index (χ0) is 59.2. The lowest BCUT2D eigenvalue weighted by Crippen LogP contribution is -2.30. The Morgan fingerprint density at radius 1 is 0.256 bits per heavy atom. The molecule has 0 aliphatic heterocycles. The molecular formula is C76H128O6. The lowest BCUT2D eigenvalue weighted by Gasteiger charge is -2.18. The van der Waals surface area contributed by atoms with Gasteiger partial charge in [0.05, 0.1) is 0 Å². The van der Waals surface area contributed by atoms with Gasteiger partial charge in [-0.25, -0.2) is 0 Å². The first-order valence-corrected chi connectivity index (χ1v) is 34.5. The second kappa shape index (κ2) is 69.3. The van der Waals surface area contributed by atoms with Crippen LogP contribution in [0.2, 0.25) is 0 Å². The van der Waals surface area contributed by atoms with Crippen LogP contribution in [0.5, 0.6) is 0 Å². The van der Waals surface area contributed by atoms with Crippen molar-refractivity contribution >= 4 is 17.9 Å². The van der Waals surface area contributed by atoms with Crippen molar-refractivity contribution in [1.29, 1.82) is 0 Å². The van der Waals surface area contributed by atoms with Gasteiger partial charge in [0.15, 0.2) is 6.10 Å². The molecule has 0 aromatic carbocycles. The smallest absolute Gasteiger partial charge is 0.306 e. The summed E-state index contributed by atoms with van der Waals surface area (Å²) < 4.78 is 17.0. The molecule has 0 aromatic heterocycles. The molecule has 0 saturated heterocycles. The van der Waals surface area contributed by atoms with Gasteiger partial charge in [-0.1, -0.05) is 309 Å². The Labute approximate surface area is 507 Å². The maximum atomic E-state index is 12.9. The van der Waals surface area contributed by atoms with Gasteiger partial charge in [-0.2, -0.15) is 0 Å². The maximum Gasteiger partial charge on any atom is 0.306 e. The van der Waals surface area contributed by atoms with Crippen molar-refractivity contribution in [2.45, 2.75) is 329 Å². The second-order valence-corrected chi connectivity index (χ2v) is 22.7. The second-order valence-electron chi connectivity index (χ2n) is 22.7. The largest absolute Gasteiger partial charge is 0.462 e. The van der Waals surface area contributed by atoms with Gasteiger partial charge < -0.3 is 14.2 Å². The molecule has 0 N–H and O–H groups in total. The van der Waals surface area contributed by atoms with E-state index in [1.54, 1.807) is 0 Å². The Balaban J connectivity index is 4.42. The number of allylic oxidation sites excluding steroid dienone is 20. The van der Waals surface area contributed by atoms with Crippen molar-refractivity contribution < 1.29 is 28.6 Å². The van der Waals surface area contributed by atoms with E-state index >= 15 is 0 Å². The fraction of sp³-hybridized carbons (Fsp3) is 0.697. The minimum absolute atomic E-state index is 0.0887.